The molecule has 2 aliphatic heterocycles. The molecule has 0 saturated heterocycles. The first kappa shape index (κ1) is 30.0. The monoisotopic (exact) mass is 632 g/mol. The van der Waals surface area contributed by atoms with Gasteiger partial charge in [-0.1, -0.05) is 36.0 Å². The summed E-state index contributed by atoms with van der Waals surface area (Å²) in [6.45, 7) is 4.38. The molecular formula is C38H36N2O5S. The fraction of sp³-hybridized carbons (Fsp3) is 0.211. The normalized spacial score (nSPS) is 14.4. The SMILES string of the molecule is COc1ccc(Sc2ccc(Oc3ccc4c(c3)CN(Cc3ccc(CN5COc6ccc(OC)cc6C5)cc3)CO4)cc2)cc1. The average Bonchev–Trinajstić information content (AvgIpc) is 3.10. The quantitative estimate of drug-likeness (QED) is 0.152. The second kappa shape index (κ2) is 13.8. The summed E-state index contributed by atoms with van der Waals surface area (Å²) in [5.74, 6) is 5.15. The van der Waals surface area contributed by atoms with E-state index in [1.54, 1.807) is 26.0 Å². The average molecular weight is 633 g/mol. The molecule has 234 valence electrons. The second-order valence-electron chi connectivity index (χ2n) is 11.4. The smallest absolute Gasteiger partial charge is 0.142 e. The van der Waals surface area contributed by atoms with E-state index >= 15 is 0 Å². The highest BCUT2D eigenvalue weighted by atomic mass is 32.2. The minimum Gasteiger partial charge on any atom is -0.497 e. The van der Waals surface area contributed by atoms with E-state index in [1.165, 1.54) is 11.1 Å². The van der Waals surface area contributed by atoms with Gasteiger partial charge in [0.2, 0.25) is 0 Å². The van der Waals surface area contributed by atoms with E-state index in [2.05, 4.69) is 70.5 Å². The lowest BCUT2D eigenvalue weighted by molar-refractivity contribution is 0.0876. The predicted molar refractivity (Wildman–Crippen MR) is 179 cm³/mol. The molecule has 0 fully saturated rings. The van der Waals surface area contributed by atoms with Crippen molar-refractivity contribution in [3.8, 4) is 34.5 Å². The molecule has 0 bridgehead atoms. The maximum Gasteiger partial charge on any atom is 0.142 e. The van der Waals surface area contributed by atoms with Gasteiger partial charge < -0.3 is 23.7 Å². The minimum atomic E-state index is 0.552. The van der Waals surface area contributed by atoms with Crippen molar-refractivity contribution in [1.29, 1.82) is 0 Å². The summed E-state index contributed by atoms with van der Waals surface area (Å²) in [6, 6.07) is 37.1. The lowest BCUT2D eigenvalue weighted by atomic mass is 10.1. The summed E-state index contributed by atoms with van der Waals surface area (Å²) < 4.78 is 28.9. The van der Waals surface area contributed by atoms with Gasteiger partial charge >= 0.3 is 0 Å². The molecule has 5 aromatic rings. The molecule has 7 nitrogen and oxygen atoms in total. The van der Waals surface area contributed by atoms with E-state index in [9.17, 15) is 0 Å². The van der Waals surface area contributed by atoms with Crippen molar-refractivity contribution in [2.75, 3.05) is 27.7 Å². The molecule has 7 rings (SSSR count). The molecule has 0 unspecified atom stereocenters. The van der Waals surface area contributed by atoms with Crippen molar-refractivity contribution in [1.82, 2.24) is 9.80 Å². The van der Waals surface area contributed by atoms with Crippen LogP contribution < -0.4 is 23.7 Å². The molecule has 5 aromatic carbocycles. The van der Waals surface area contributed by atoms with Crippen LogP contribution in [0.4, 0.5) is 0 Å². The molecule has 0 spiro atoms. The van der Waals surface area contributed by atoms with Crippen LogP contribution in [0.3, 0.4) is 0 Å². The fourth-order valence-corrected chi connectivity index (χ4v) is 6.50. The summed E-state index contributed by atoms with van der Waals surface area (Å²) in [7, 11) is 3.37. The van der Waals surface area contributed by atoms with Gasteiger partial charge in [-0.2, -0.15) is 0 Å². The number of methoxy groups -OCH3 is 2. The van der Waals surface area contributed by atoms with Gasteiger partial charge in [0.05, 0.1) is 14.2 Å². The lowest BCUT2D eigenvalue weighted by Crippen LogP contribution is -2.32. The highest BCUT2D eigenvalue weighted by Crippen LogP contribution is 2.34. The Morgan fingerprint density at radius 3 is 1.52 bits per heavy atom. The van der Waals surface area contributed by atoms with Crippen LogP contribution in [0.1, 0.15) is 22.3 Å². The van der Waals surface area contributed by atoms with E-state index in [0.717, 1.165) is 81.6 Å². The van der Waals surface area contributed by atoms with Crippen molar-refractivity contribution in [2.45, 2.75) is 36.0 Å². The van der Waals surface area contributed by atoms with E-state index in [4.69, 9.17) is 23.7 Å². The Bertz CT molecular complexity index is 1780. The second-order valence-corrected chi connectivity index (χ2v) is 12.6. The molecule has 2 aliphatic rings. The number of ether oxygens (including phenoxy) is 5. The zero-order valence-corrected chi connectivity index (χ0v) is 26.8. The topological polar surface area (TPSA) is 52.6 Å². The van der Waals surface area contributed by atoms with Crippen molar-refractivity contribution in [2.24, 2.45) is 0 Å². The Morgan fingerprint density at radius 2 is 1.00 bits per heavy atom. The third-order valence-electron chi connectivity index (χ3n) is 8.08. The first-order chi connectivity index (χ1) is 22.6. The summed E-state index contributed by atoms with van der Waals surface area (Å²) in [5.41, 5.74) is 4.78. The van der Waals surface area contributed by atoms with Crippen molar-refractivity contribution in [3.63, 3.8) is 0 Å². The Kier molecular flexibility index (Phi) is 9.01. The molecule has 0 radical (unpaired) electrons. The molecule has 0 saturated carbocycles. The van der Waals surface area contributed by atoms with Crippen LogP contribution in [0.15, 0.2) is 119 Å². The molecule has 2 heterocycles. The van der Waals surface area contributed by atoms with Crippen LogP contribution in [-0.4, -0.2) is 37.5 Å². The van der Waals surface area contributed by atoms with Crippen LogP contribution in [-0.2, 0) is 26.2 Å². The third kappa shape index (κ3) is 7.26. The van der Waals surface area contributed by atoms with Crippen LogP contribution in [0.25, 0.3) is 0 Å². The molecule has 0 amide bonds. The van der Waals surface area contributed by atoms with Crippen LogP contribution in [0.5, 0.6) is 34.5 Å². The van der Waals surface area contributed by atoms with Gasteiger partial charge in [-0.3, -0.25) is 9.80 Å². The Labute approximate surface area is 274 Å². The number of nitrogens with zero attached hydrogens (tertiary/aromatic N) is 2. The first-order valence-electron chi connectivity index (χ1n) is 15.3. The summed E-state index contributed by atoms with van der Waals surface area (Å²) in [5, 5.41) is 0. The van der Waals surface area contributed by atoms with Crippen molar-refractivity contribution >= 4 is 11.8 Å². The Hall–Kier alpha value is -4.63. The molecule has 0 aromatic heterocycles. The standard InChI is InChI=1S/C38H36N2O5S/c1-41-31-7-13-35(14-8-31)46-36-15-9-32(10-16-36)45-34-12-18-38-30(20-34)24-40(26-44-38)22-28-5-3-27(4-6-28)21-39-23-29-19-33(42-2)11-17-37(29)43-25-39/h3-20H,21-26H2,1-2H3. The lowest BCUT2D eigenvalue weighted by Gasteiger charge is -2.30. The maximum absolute atomic E-state index is 6.22. The number of rotatable bonds is 10. The van der Waals surface area contributed by atoms with Crippen LogP contribution in [0, 0.1) is 0 Å². The molecule has 0 atom stereocenters. The minimum absolute atomic E-state index is 0.552. The van der Waals surface area contributed by atoms with E-state index in [0.29, 0.717) is 13.5 Å². The number of hydrogen-bond donors (Lipinski definition) is 0. The zero-order valence-electron chi connectivity index (χ0n) is 26.0. The maximum atomic E-state index is 6.22. The van der Waals surface area contributed by atoms with Crippen molar-refractivity contribution < 1.29 is 23.7 Å². The fourth-order valence-electron chi connectivity index (χ4n) is 5.69. The molecule has 8 heteroatoms. The van der Waals surface area contributed by atoms with E-state index in [-0.39, 0.29) is 0 Å². The van der Waals surface area contributed by atoms with E-state index < -0.39 is 0 Å². The van der Waals surface area contributed by atoms with Gasteiger partial charge in [-0.05, 0) is 96.1 Å². The summed E-state index contributed by atoms with van der Waals surface area (Å²) >= 11 is 1.70. The Morgan fingerprint density at radius 1 is 0.543 bits per heavy atom. The predicted octanol–water partition coefficient (Wildman–Crippen LogP) is 8.35. The van der Waals surface area contributed by atoms with Crippen LogP contribution >= 0.6 is 11.8 Å². The molecule has 0 N–H and O–H groups in total. The molecule has 0 aliphatic carbocycles. The van der Waals surface area contributed by atoms with E-state index in [1.807, 2.05) is 48.5 Å². The highest BCUT2D eigenvalue weighted by molar-refractivity contribution is 7.99. The number of fused-ring (bicyclic) bond motifs is 2. The Balaban J connectivity index is 0.923. The highest BCUT2D eigenvalue weighted by Gasteiger charge is 2.20. The zero-order chi connectivity index (χ0) is 31.3. The number of hydrogen-bond acceptors (Lipinski definition) is 8. The van der Waals surface area contributed by atoms with Gasteiger partial charge in [0.15, 0.2) is 0 Å². The van der Waals surface area contributed by atoms with Gasteiger partial charge in [0.25, 0.3) is 0 Å². The summed E-state index contributed by atoms with van der Waals surface area (Å²) in [6.07, 6.45) is 0. The van der Waals surface area contributed by atoms with Gasteiger partial charge in [-0.25, -0.2) is 0 Å². The van der Waals surface area contributed by atoms with Crippen molar-refractivity contribution in [3.05, 3.63) is 131 Å². The first-order valence-corrected chi connectivity index (χ1v) is 16.1. The number of benzene rings is 5. The van der Waals surface area contributed by atoms with Gasteiger partial charge in [-0.15, -0.1) is 0 Å². The van der Waals surface area contributed by atoms with Gasteiger partial charge in [0.1, 0.15) is 48.0 Å². The largest absolute Gasteiger partial charge is 0.497 e. The third-order valence-corrected chi connectivity index (χ3v) is 9.10. The van der Waals surface area contributed by atoms with Gasteiger partial charge in [0, 0.05) is 47.1 Å². The van der Waals surface area contributed by atoms with Crippen LogP contribution in [0.2, 0.25) is 0 Å². The molecular weight excluding hydrogens is 596 g/mol. The summed E-state index contributed by atoms with van der Waals surface area (Å²) in [4.78, 5) is 6.90. The molecule has 46 heavy (non-hydrogen) atoms.